The van der Waals surface area contributed by atoms with Crippen molar-refractivity contribution in [2.45, 2.75) is 20.3 Å². The van der Waals surface area contributed by atoms with E-state index < -0.39 is 0 Å². The highest BCUT2D eigenvalue weighted by Gasteiger charge is 2.37. The Labute approximate surface area is 153 Å². The zero-order valence-electron chi connectivity index (χ0n) is 14.4. The topological polar surface area (TPSA) is 40.6 Å². The highest BCUT2D eigenvalue weighted by Crippen LogP contribution is 2.29. The predicted octanol–water partition coefficient (Wildman–Crippen LogP) is 4.05. The molecule has 1 aliphatic rings. The van der Waals surface area contributed by atoms with Crippen LogP contribution in [0.3, 0.4) is 0 Å². The van der Waals surface area contributed by atoms with E-state index in [2.05, 4.69) is 0 Å². The fourth-order valence-electron chi connectivity index (χ4n) is 3.25. The summed E-state index contributed by atoms with van der Waals surface area (Å²) in [6.07, 6.45) is 0.230. The quantitative estimate of drug-likeness (QED) is 0.829. The minimum atomic E-state index is -0.341. The van der Waals surface area contributed by atoms with Gasteiger partial charge in [0.1, 0.15) is 0 Å². The van der Waals surface area contributed by atoms with Gasteiger partial charge in [-0.3, -0.25) is 9.59 Å². The van der Waals surface area contributed by atoms with Crippen molar-refractivity contribution in [2.75, 3.05) is 22.9 Å². The Bertz CT molecular complexity index is 806. The molecule has 2 amide bonds. The highest BCUT2D eigenvalue weighted by atomic mass is 35.5. The van der Waals surface area contributed by atoms with Gasteiger partial charge in [-0.2, -0.15) is 0 Å². The summed E-state index contributed by atoms with van der Waals surface area (Å²) in [6, 6.07) is 15.0. The smallest absolute Gasteiger partial charge is 0.232 e. The molecule has 0 bridgehead atoms. The fourth-order valence-corrected chi connectivity index (χ4v) is 3.43. The van der Waals surface area contributed by atoms with E-state index >= 15 is 0 Å². The van der Waals surface area contributed by atoms with Crippen LogP contribution in [0.25, 0.3) is 0 Å². The van der Waals surface area contributed by atoms with Crippen molar-refractivity contribution in [1.82, 2.24) is 0 Å². The summed E-state index contributed by atoms with van der Waals surface area (Å²) in [5, 5.41) is 0.579. The van der Waals surface area contributed by atoms with E-state index in [0.29, 0.717) is 18.1 Å². The number of hydrogen-bond donors (Lipinski definition) is 0. The number of nitrogens with zero attached hydrogens (tertiary/aromatic N) is 2. The molecule has 1 saturated heterocycles. The van der Waals surface area contributed by atoms with Gasteiger partial charge in [-0.1, -0.05) is 29.8 Å². The molecule has 0 aliphatic carbocycles. The van der Waals surface area contributed by atoms with Crippen molar-refractivity contribution in [2.24, 2.45) is 5.92 Å². The van der Waals surface area contributed by atoms with E-state index in [1.165, 1.54) is 0 Å². The van der Waals surface area contributed by atoms with Gasteiger partial charge in [-0.25, -0.2) is 0 Å². The Hall–Kier alpha value is -2.33. The van der Waals surface area contributed by atoms with Crippen molar-refractivity contribution < 1.29 is 9.59 Å². The fraction of sp³-hybridized carbons (Fsp3) is 0.300. The first kappa shape index (κ1) is 17.5. The van der Waals surface area contributed by atoms with E-state index in [9.17, 15) is 9.59 Å². The molecule has 2 aromatic carbocycles. The van der Waals surface area contributed by atoms with Crippen LogP contribution in [0.4, 0.5) is 11.4 Å². The molecule has 1 unspecified atom stereocenters. The molecule has 130 valence electrons. The summed E-state index contributed by atoms with van der Waals surface area (Å²) >= 11 is 6.02. The molecule has 25 heavy (non-hydrogen) atoms. The lowest BCUT2D eigenvalue weighted by Crippen LogP contribution is -2.37. The number of hydrogen-bond acceptors (Lipinski definition) is 2. The number of benzene rings is 2. The molecule has 5 heteroatoms. The summed E-state index contributed by atoms with van der Waals surface area (Å²) in [5.41, 5.74) is 2.72. The molecule has 0 radical (unpaired) electrons. The van der Waals surface area contributed by atoms with Crippen molar-refractivity contribution in [3.63, 3.8) is 0 Å². The maximum atomic E-state index is 13.0. The van der Waals surface area contributed by atoms with E-state index in [1.54, 1.807) is 21.9 Å². The van der Waals surface area contributed by atoms with Gasteiger partial charge in [0.15, 0.2) is 0 Å². The Balaban J connectivity index is 1.80. The van der Waals surface area contributed by atoms with Crippen LogP contribution in [0.1, 0.15) is 18.9 Å². The highest BCUT2D eigenvalue weighted by molar-refractivity contribution is 6.31. The minimum Gasteiger partial charge on any atom is -0.312 e. The van der Waals surface area contributed by atoms with E-state index in [4.69, 9.17) is 11.6 Å². The monoisotopic (exact) mass is 356 g/mol. The van der Waals surface area contributed by atoms with Gasteiger partial charge in [-0.05, 0) is 49.7 Å². The van der Waals surface area contributed by atoms with Gasteiger partial charge in [0, 0.05) is 35.9 Å². The van der Waals surface area contributed by atoms with Gasteiger partial charge in [0.25, 0.3) is 0 Å². The van der Waals surface area contributed by atoms with Crippen LogP contribution >= 0.6 is 11.6 Å². The van der Waals surface area contributed by atoms with E-state index in [-0.39, 0.29) is 24.2 Å². The van der Waals surface area contributed by atoms with Crippen molar-refractivity contribution in [3.8, 4) is 0 Å². The molecule has 2 aromatic rings. The molecule has 4 nitrogen and oxygen atoms in total. The van der Waals surface area contributed by atoms with Crippen molar-refractivity contribution in [3.05, 3.63) is 59.1 Å². The molecule has 0 aromatic heterocycles. The first-order valence-corrected chi connectivity index (χ1v) is 8.81. The molecule has 3 rings (SSSR count). The second-order valence-electron chi connectivity index (χ2n) is 6.31. The maximum absolute atomic E-state index is 13.0. The van der Waals surface area contributed by atoms with Gasteiger partial charge < -0.3 is 9.80 Å². The summed E-state index contributed by atoms with van der Waals surface area (Å²) in [7, 11) is 0. The number of rotatable bonds is 4. The standard InChI is InChI=1S/C20H21ClN2O2/c1-3-22(17-8-4-6-14(2)10-17)20(25)15-11-19(24)23(13-15)18-9-5-7-16(21)12-18/h4-10,12,15H,3,11,13H2,1-2H3. The van der Waals surface area contributed by atoms with Crippen LogP contribution in [0.5, 0.6) is 0 Å². The zero-order valence-corrected chi connectivity index (χ0v) is 15.2. The SMILES string of the molecule is CCN(C(=O)C1CC(=O)N(c2cccc(Cl)c2)C1)c1cccc(C)c1. The molecule has 0 N–H and O–H groups in total. The van der Waals surface area contributed by atoms with Crippen LogP contribution in [-0.4, -0.2) is 24.9 Å². The maximum Gasteiger partial charge on any atom is 0.232 e. The summed E-state index contributed by atoms with van der Waals surface area (Å²) in [5.74, 6) is -0.390. The lowest BCUT2D eigenvalue weighted by atomic mass is 10.1. The molecule has 1 fully saturated rings. The average Bonchev–Trinajstić information content (AvgIpc) is 2.97. The van der Waals surface area contributed by atoms with Gasteiger partial charge in [0.2, 0.25) is 11.8 Å². The van der Waals surface area contributed by atoms with Crippen LogP contribution < -0.4 is 9.80 Å². The number of carbonyl (C=O) groups excluding carboxylic acids is 2. The number of aryl methyl sites for hydroxylation is 1. The van der Waals surface area contributed by atoms with Gasteiger partial charge >= 0.3 is 0 Å². The third kappa shape index (κ3) is 3.69. The summed E-state index contributed by atoms with van der Waals surface area (Å²) < 4.78 is 0. The number of carbonyl (C=O) groups is 2. The van der Waals surface area contributed by atoms with Crippen molar-refractivity contribution in [1.29, 1.82) is 0 Å². The van der Waals surface area contributed by atoms with Crippen LogP contribution in [-0.2, 0) is 9.59 Å². The normalized spacial score (nSPS) is 17.0. The first-order valence-electron chi connectivity index (χ1n) is 8.43. The first-order chi connectivity index (χ1) is 12.0. The largest absolute Gasteiger partial charge is 0.312 e. The molecule has 1 aliphatic heterocycles. The summed E-state index contributed by atoms with van der Waals surface area (Å²) in [4.78, 5) is 28.8. The zero-order chi connectivity index (χ0) is 18.0. The Morgan fingerprint density at radius 1 is 1.24 bits per heavy atom. The average molecular weight is 357 g/mol. The van der Waals surface area contributed by atoms with E-state index in [1.807, 2.05) is 50.2 Å². The number of anilines is 2. The van der Waals surface area contributed by atoms with Crippen LogP contribution in [0, 0.1) is 12.8 Å². The number of halogens is 1. The Kier molecular flexibility index (Phi) is 5.09. The third-order valence-corrected chi connectivity index (χ3v) is 4.72. The molecular formula is C20H21ClN2O2. The molecule has 1 atom stereocenters. The van der Waals surface area contributed by atoms with Crippen LogP contribution in [0.2, 0.25) is 5.02 Å². The number of amides is 2. The molecule has 1 heterocycles. The molecular weight excluding hydrogens is 336 g/mol. The second kappa shape index (κ2) is 7.28. The lowest BCUT2D eigenvalue weighted by Gasteiger charge is -2.24. The Morgan fingerprint density at radius 2 is 2.00 bits per heavy atom. The molecule has 0 spiro atoms. The van der Waals surface area contributed by atoms with Gasteiger partial charge in [0.05, 0.1) is 5.92 Å². The Morgan fingerprint density at radius 3 is 2.68 bits per heavy atom. The molecule has 0 saturated carbocycles. The lowest BCUT2D eigenvalue weighted by molar-refractivity contribution is -0.124. The van der Waals surface area contributed by atoms with Crippen molar-refractivity contribution >= 4 is 34.8 Å². The summed E-state index contributed by atoms with van der Waals surface area (Å²) in [6.45, 7) is 4.91. The van der Waals surface area contributed by atoms with Crippen LogP contribution in [0.15, 0.2) is 48.5 Å². The second-order valence-corrected chi connectivity index (χ2v) is 6.74. The van der Waals surface area contributed by atoms with Gasteiger partial charge in [-0.15, -0.1) is 0 Å². The predicted molar refractivity (Wildman–Crippen MR) is 101 cm³/mol. The van der Waals surface area contributed by atoms with E-state index in [0.717, 1.165) is 16.9 Å². The minimum absolute atomic E-state index is 0.00835. The third-order valence-electron chi connectivity index (χ3n) is 4.49.